The van der Waals surface area contributed by atoms with E-state index in [0.717, 1.165) is 31.7 Å². The Balaban J connectivity index is 1.62. The van der Waals surface area contributed by atoms with Crippen molar-refractivity contribution >= 4 is 11.8 Å². The maximum absolute atomic E-state index is 12.2. The Labute approximate surface area is 138 Å². The van der Waals surface area contributed by atoms with E-state index in [0.29, 0.717) is 19.4 Å². The minimum absolute atomic E-state index is 0.0265. The normalized spacial score (nSPS) is 15.8. The highest BCUT2D eigenvalue weighted by Gasteiger charge is 2.23. The number of para-hydroxylation sites is 1. The summed E-state index contributed by atoms with van der Waals surface area (Å²) in [6.45, 7) is 3.87. The Morgan fingerprint density at radius 3 is 2.57 bits per heavy atom. The van der Waals surface area contributed by atoms with Gasteiger partial charge in [-0.15, -0.1) is 0 Å². The number of nitrogens with one attached hydrogen (secondary N) is 1. The van der Waals surface area contributed by atoms with E-state index in [1.807, 2.05) is 35.2 Å². The van der Waals surface area contributed by atoms with Crippen LogP contribution in [0.5, 0.6) is 5.75 Å². The summed E-state index contributed by atoms with van der Waals surface area (Å²) >= 11 is 0. The van der Waals surface area contributed by atoms with Crippen LogP contribution in [0.15, 0.2) is 30.3 Å². The largest absolute Gasteiger partial charge is 0.494 e. The molecule has 2 rings (SSSR count). The first-order valence-corrected chi connectivity index (χ1v) is 8.43. The van der Waals surface area contributed by atoms with Gasteiger partial charge in [-0.25, -0.2) is 0 Å². The second-order valence-electron chi connectivity index (χ2n) is 5.94. The maximum atomic E-state index is 12.2. The van der Waals surface area contributed by atoms with Crippen molar-refractivity contribution < 1.29 is 14.3 Å². The average Bonchev–Trinajstić information content (AvgIpc) is 2.59. The standard InChI is InChI=1S/C18H26N2O3/c1-15(18(22)20-12-6-3-7-13-20)19-17(21)11-8-14-23-16-9-4-2-5-10-16/h2,4-5,9-10,15H,3,6-8,11-14H2,1H3,(H,19,21)/t15-/m0/s1. The van der Waals surface area contributed by atoms with E-state index in [-0.39, 0.29) is 11.8 Å². The lowest BCUT2D eigenvalue weighted by Gasteiger charge is -2.29. The van der Waals surface area contributed by atoms with Crippen LogP contribution in [-0.4, -0.2) is 42.5 Å². The summed E-state index contributed by atoms with van der Waals surface area (Å²) in [7, 11) is 0. The van der Waals surface area contributed by atoms with E-state index in [1.54, 1.807) is 6.92 Å². The number of likely N-dealkylation sites (tertiary alicyclic amines) is 1. The number of benzene rings is 1. The van der Waals surface area contributed by atoms with Crippen molar-refractivity contribution in [1.82, 2.24) is 10.2 Å². The van der Waals surface area contributed by atoms with Gasteiger partial charge in [0.15, 0.2) is 0 Å². The zero-order valence-corrected chi connectivity index (χ0v) is 13.8. The molecule has 1 atom stereocenters. The Morgan fingerprint density at radius 2 is 1.87 bits per heavy atom. The number of piperidine rings is 1. The number of ether oxygens (including phenoxy) is 1. The van der Waals surface area contributed by atoms with Crippen molar-refractivity contribution in [2.45, 2.75) is 45.1 Å². The third kappa shape index (κ3) is 5.93. The minimum atomic E-state index is -0.448. The van der Waals surface area contributed by atoms with Crippen LogP contribution in [0.2, 0.25) is 0 Å². The molecule has 1 fully saturated rings. The third-order valence-corrected chi connectivity index (χ3v) is 3.98. The average molecular weight is 318 g/mol. The predicted molar refractivity (Wildman–Crippen MR) is 89.2 cm³/mol. The molecule has 5 nitrogen and oxygen atoms in total. The van der Waals surface area contributed by atoms with E-state index in [4.69, 9.17) is 4.74 Å². The molecule has 0 saturated carbocycles. The summed E-state index contributed by atoms with van der Waals surface area (Å²) in [6, 6.07) is 9.09. The molecule has 1 aromatic carbocycles. The molecule has 1 aromatic rings. The van der Waals surface area contributed by atoms with Gasteiger partial charge >= 0.3 is 0 Å². The van der Waals surface area contributed by atoms with Crippen LogP contribution in [0.3, 0.4) is 0 Å². The number of nitrogens with zero attached hydrogens (tertiary/aromatic N) is 1. The second kappa shape index (κ2) is 9.18. The lowest BCUT2D eigenvalue weighted by Crippen LogP contribution is -2.48. The number of carbonyl (C=O) groups is 2. The topological polar surface area (TPSA) is 58.6 Å². The quantitative estimate of drug-likeness (QED) is 0.785. The maximum Gasteiger partial charge on any atom is 0.244 e. The van der Waals surface area contributed by atoms with Gasteiger partial charge < -0.3 is 15.0 Å². The summed E-state index contributed by atoms with van der Waals surface area (Å²) in [5.41, 5.74) is 0. The Kier molecular flexibility index (Phi) is 6.91. The van der Waals surface area contributed by atoms with Crippen LogP contribution in [0.25, 0.3) is 0 Å². The molecule has 0 aromatic heterocycles. The summed E-state index contributed by atoms with van der Waals surface area (Å²) < 4.78 is 5.55. The molecule has 1 heterocycles. The fourth-order valence-electron chi connectivity index (χ4n) is 2.70. The van der Waals surface area contributed by atoms with Gasteiger partial charge in [0.1, 0.15) is 11.8 Å². The molecule has 1 aliphatic heterocycles. The zero-order valence-electron chi connectivity index (χ0n) is 13.8. The van der Waals surface area contributed by atoms with Crippen LogP contribution in [-0.2, 0) is 9.59 Å². The van der Waals surface area contributed by atoms with Gasteiger partial charge in [-0.05, 0) is 44.7 Å². The summed E-state index contributed by atoms with van der Waals surface area (Å²) in [6.07, 6.45) is 4.30. The van der Waals surface area contributed by atoms with Gasteiger partial charge in [-0.3, -0.25) is 9.59 Å². The molecule has 0 unspecified atom stereocenters. The molecule has 0 spiro atoms. The minimum Gasteiger partial charge on any atom is -0.494 e. The van der Waals surface area contributed by atoms with E-state index in [2.05, 4.69) is 5.32 Å². The van der Waals surface area contributed by atoms with Gasteiger partial charge in [0, 0.05) is 19.5 Å². The number of rotatable bonds is 7. The highest BCUT2D eigenvalue weighted by Crippen LogP contribution is 2.10. The van der Waals surface area contributed by atoms with Crippen LogP contribution < -0.4 is 10.1 Å². The van der Waals surface area contributed by atoms with Crippen LogP contribution in [0.4, 0.5) is 0 Å². The molecule has 0 aliphatic carbocycles. The lowest BCUT2D eigenvalue weighted by atomic mass is 10.1. The first-order valence-electron chi connectivity index (χ1n) is 8.43. The van der Waals surface area contributed by atoms with E-state index in [1.165, 1.54) is 6.42 Å². The molecule has 1 aliphatic rings. The fraction of sp³-hybridized carbons (Fsp3) is 0.556. The van der Waals surface area contributed by atoms with Gasteiger partial charge in [-0.2, -0.15) is 0 Å². The Bertz CT molecular complexity index is 498. The van der Waals surface area contributed by atoms with Crippen LogP contribution in [0.1, 0.15) is 39.0 Å². The molecular weight excluding hydrogens is 292 g/mol. The fourth-order valence-corrected chi connectivity index (χ4v) is 2.70. The SMILES string of the molecule is C[C@H](NC(=O)CCCOc1ccccc1)C(=O)N1CCCCC1. The van der Waals surface area contributed by atoms with E-state index in [9.17, 15) is 9.59 Å². The summed E-state index contributed by atoms with van der Waals surface area (Å²) in [5.74, 6) is 0.736. The lowest BCUT2D eigenvalue weighted by molar-refractivity contribution is -0.136. The number of amides is 2. The highest BCUT2D eigenvalue weighted by atomic mass is 16.5. The van der Waals surface area contributed by atoms with E-state index >= 15 is 0 Å². The third-order valence-electron chi connectivity index (χ3n) is 3.98. The molecular formula is C18H26N2O3. The summed E-state index contributed by atoms with van der Waals surface area (Å²) in [5, 5.41) is 2.79. The zero-order chi connectivity index (χ0) is 16.5. The molecule has 1 N–H and O–H groups in total. The number of hydrogen-bond acceptors (Lipinski definition) is 3. The van der Waals surface area contributed by atoms with Crippen molar-refractivity contribution in [2.24, 2.45) is 0 Å². The molecule has 23 heavy (non-hydrogen) atoms. The summed E-state index contributed by atoms with van der Waals surface area (Å²) in [4.78, 5) is 26.0. The predicted octanol–water partition coefficient (Wildman–Crippen LogP) is 2.36. The van der Waals surface area contributed by atoms with Gasteiger partial charge in [-0.1, -0.05) is 18.2 Å². The van der Waals surface area contributed by atoms with Crippen LogP contribution >= 0.6 is 0 Å². The second-order valence-corrected chi connectivity index (χ2v) is 5.94. The molecule has 1 saturated heterocycles. The Morgan fingerprint density at radius 1 is 1.17 bits per heavy atom. The monoisotopic (exact) mass is 318 g/mol. The van der Waals surface area contributed by atoms with Gasteiger partial charge in [0.05, 0.1) is 6.61 Å². The molecule has 0 bridgehead atoms. The smallest absolute Gasteiger partial charge is 0.244 e. The number of carbonyl (C=O) groups excluding carboxylic acids is 2. The number of hydrogen-bond donors (Lipinski definition) is 1. The van der Waals surface area contributed by atoms with Crippen molar-refractivity contribution in [3.63, 3.8) is 0 Å². The first kappa shape index (κ1) is 17.3. The van der Waals surface area contributed by atoms with E-state index < -0.39 is 6.04 Å². The van der Waals surface area contributed by atoms with Crippen molar-refractivity contribution in [2.75, 3.05) is 19.7 Å². The molecule has 126 valence electrons. The molecule has 0 radical (unpaired) electrons. The molecule has 2 amide bonds. The van der Waals surface area contributed by atoms with Crippen molar-refractivity contribution in [1.29, 1.82) is 0 Å². The van der Waals surface area contributed by atoms with Crippen LogP contribution in [0, 0.1) is 0 Å². The Hall–Kier alpha value is -2.04. The van der Waals surface area contributed by atoms with Gasteiger partial charge in [0.2, 0.25) is 11.8 Å². The van der Waals surface area contributed by atoms with Gasteiger partial charge in [0.25, 0.3) is 0 Å². The van der Waals surface area contributed by atoms with Crippen molar-refractivity contribution in [3.8, 4) is 5.75 Å². The van der Waals surface area contributed by atoms with Crippen molar-refractivity contribution in [3.05, 3.63) is 30.3 Å². The highest BCUT2D eigenvalue weighted by molar-refractivity contribution is 5.87. The first-order chi connectivity index (χ1) is 11.2. The molecule has 5 heteroatoms.